The maximum absolute atomic E-state index is 14.3. The van der Waals surface area contributed by atoms with E-state index in [1.165, 1.54) is 6.20 Å². The summed E-state index contributed by atoms with van der Waals surface area (Å²) in [6.45, 7) is 0.711. The van der Waals surface area contributed by atoms with E-state index in [1.807, 2.05) is 0 Å². The van der Waals surface area contributed by atoms with Crippen molar-refractivity contribution in [3.63, 3.8) is 0 Å². The number of amidine groups is 1. The Bertz CT molecular complexity index is 841. The summed E-state index contributed by atoms with van der Waals surface area (Å²) in [6.07, 6.45) is 1.21. The van der Waals surface area contributed by atoms with E-state index in [2.05, 4.69) is 20.5 Å². The zero-order chi connectivity index (χ0) is 20.0. The smallest absolute Gasteiger partial charge is 0.298 e. The minimum Gasteiger partial charge on any atom is -0.386 e. The van der Waals surface area contributed by atoms with Gasteiger partial charge in [-0.25, -0.2) is 4.39 Å². The van der Waals surface area contributed by atoms with Crippen molar-refractivity contribution in [2.45, 2.75) is 12.8 Å². The van der Waals surface area contributed by atoms with Gasteiger partial charge in [0, 0.05) is 12.2 Å². The molecule has 146 valence electrons. The lowest BCUT2D eigenvalue weighted by molar-refractivity contribution is -0.0775. The summed E-state index contributed by atoms with van der Waals surface area (Å²) >= 11 is 5.76. The highest BCUT2D eigenvalue weighted by Crippen LogP contribution is 2.32. The van der Waals surface area contributed by atoms with Crippen molar-refractivity contribution in [3.05, 3.63) is 46.5 Å². The minimum atomic E-state index is -3.65. The van der Waals surface area contributed by atoms with Gasteiger partial charge < -0.3 is 15.8 Å². The predicted octanol–water partition coefficient (Wildman–Crippen LogP) is 2.94. The Morgan fingerprint density at radius 1 is 1.48 bits per heavy atom. The predicted molar refractivity (Wildman–Crippen MR) is 94.8 cm³/mol. The number of aromatic amines is 1. The number of nitrogens with zero attached hydrogens (tertiary/aromatic N) is 2. The molecule has 4 N–H and O–H groups in total. The minimum absolute atomic E-state index is 0.0474. The molecule has 0 aliphatic carbocycles. The van der Waals surface area contributed by atoms with Crippen LogP contribution in [0.2, 0.25) is 5.02 Å². The van der Waals surface area contributed by atoms with Crippen molar-refractivity contribution in [1.29, 1.82) is 0 Å². The number of carbonyl (C=O) groups excluding carboxylic acids is 1. The molecule has 0 aliphatic rings. The van der Waals surface area contributed by atoms with Gasteiger partial charge in [-0.05, 0) is 25.1 Å². The topological polar surface area (TPSA) is 105 Å². The zero-order valence-corrected chi connectivity index (χ0v) is 15.0. The number of nitrogens with two attached hydrogens (primary N) is 1. The van der Waals surface area contributed by atoms with Gasteiger partial charge in [0.15, 0.2) is 0 Å². The molecule has 0 saturated carbocycles. The van der Waals surface area contributed by atoms with E-state index >= 15 is 0 Å². The van der Waals surface area contributed by atoms with Crippen LogP contribution in [0.5, 0.6) is 0 Å². The van der Waals surface area contributed by atoms with Crippen LogP contribution in [0.3, 0.4) is 0 Å². The lowest BCUT2D eigenvalue weighted by Gasteiger charge is -2.18. The van der Waals surface area contributed by atoms with E-state index in [1.54, 1.807) is 6.92 Å². The average Bonchev–Trinajstić information content (AvgIpc) is 3.02. The molecular formula is C16H17ClF3N5O2. The first kappa shape index (κ1) is 20.7. The molecule has 0 unspecified atom stereocenters. The summed E-state index contributed by atoms with van der Waals surface area (Å²) in [5.41, 5.74) is 4.43. The highest BCUT2D eigenvalue weighted by atomic mass is 35.5. The Hall–Kier alpha value is -2.59. The fourth-order valence-corrected chi connectivity index (χ4v) is 2.29. The van der Waals surface area contributed by atoms with Crippen molar-refractivity contribution in [2.75, 3.05) is 25.1 Å². The van der Waals surface area contributed by atoms with Crippen LogP contribution in [0.15, 0.2) is 29.4 Å². The summed E-state index contributed by atoms with van der Waals surface area (Å²) in [4.78, 5) is 15.8. The standard InChI is InChI=1S/C16H17ClF3N5O2/c1-2-22-13(21)7-27-8-16(19,20)10-5-9(3-4-12(10)18)24-15(26)14-11(17)6-23-25-14/h3-6H,2,7-8H2,1H3,(H2,21,22)(H,23,25)(H,24,26). The molecule has 0 bridgehead atoms. The van der Waals surface area contributed by atoms with Crippen LogP contribution in [0.1, 0.15) is 23.0 Å². The summed E-state index contributed by atoms with van der Waals surface area (Å²) < 4.78 is 47.4. The van der Waals surface area contributed by atoms with Gasteiger partial charge in [-0.15, -0.1) is 0 Å². The molecule has 0 saturated heterocycles. The number of benzene rings is 1. The molecule has 2 rings (SSSR count). The molecule has 1 aromatic heterocycles. The molecule has 27 heavy (non-hydrogen) atoms. The molecule has 1 heterocycles. The number of hydrogen-bond acceptors (Lipinski definition) is 4. The van der Waals surface area contributed by atoms with Crippen LogP contribution in [-0.2, 0) is 10.7 Å². The Morgan fingerprint density at radius 2 is 2.22 bits per heavy atom. The number of carbonyl (C=O) groups is 1. The number of ether oxygens (including phenoxy) is 1. The molecular weight excluding hydrogens is 387 g/mol. The van der Waals surface area contributed by atoms with E-state index < -0.39 is 29.8 Å². The first-order valence-electron chi connectivity index (χ1n) is 7.79. The van der Waals surface area contributed by atoms with E-state index in [9.17, 15) is 18.0 Å². The van der Waals surface area contributed by atoms with Crippen LogP contribution in [-0.4, -0.2) is 41.7 Å². The van der Waals surface area contributed by atoms with Crippen LogP contribution < -0.4 is 11.1 Å². The zero-order valence-electron chi connectivity index (χ0n) is 14.2. The molecule has 2 aromatic rings. The Morgan fingerprint density at radius 3 is 2.85 bits per heavy atom. The molecule has 11 heteroatoms. The van der Waals surface area contributed by atoms with Crippen molar-refractivity contribution in [1.82, 2.24) is 10.2 Å². The van der Waals surface area contributed by atoms with Gasteiger partial charge in [0.05, 0.1) is 16.8 Å². The Balaban J connectivity index is 2.12. The number of aromatic nitrogens is 2. The van der Waals surface area contributed by atoms with Crippen LogP contribution >= 0.6 is 11.6 Å². The van der Waals surface area contributed by atoms with Crippen molar-refractivity contribution in [3.8, 4) is 0 Å². The van der Waals surface area contributed by atoms with Gasteiger partial charge >= 0.3 is 0 Å². The molecule has 7 nitrogen and oxygen atoms in total. The maximum Gasteiger partial charge on any atom is 0.298 e. The quantitative estimate of drug-likeness (QED) is 0.465. The number of alkyl halides is 2. The van der Waals surface area contributed by atoms with E-state index in [0.717, 1.165) is 18.2 Å². The normalized spacial score (nSPS) is 12.3. The third-order valence-electron chi connectivity index (χ3n) is 3.33. The van der Waals surface area contributed by atoms with Gasteiger partial charge in [-0.3, -0.25) is 14.9 Å². The largest absolute Gasteiger partial charge is 0.386 e. The molecule has 1 amide bonds. The highest BCUT2D eigenvalue weighted by molar-refractivity contribution is 6.34. The average molecular weight is 404 g/mol. The monoisotopic (exact) mass is 403 g/mol. The van der Waals surface area contributed by atoms with Crippen molar-refractivity contribution >= 4 is 29.0 Å². The van der Waals surface area contributed by atoms with Gasteiger partial charge in [-0.2, -0.15) is 13.9 Å². The van der Waals surface area contributed by atoms with E-state index in [4.69, 9.17) is 22.1 Å². The molecule has 0 radical (unpaired) electrons. The van der Waals surface area contributed by atoms with Crippen molar-refractivity contribution in [2.24, 2.45) is 10.7 Å². The van der Waals surface area contributed by atoms with Gasteiger partial charge in [0.2, 0.25) is 0 Å². The van der Waals surface area contributed by atoms with Gasteiger partial charge in [0.1, 0.15) is 30.6 Å². The lowest BCUT2D eigenvalue weighted by Crippen LogP contribution is -2.27. The van der Waals surface area contributed by atoms with Crippen LogP contribution in [0.4, 0.5) is 18.9 Å². The number of rotatable bonds is 8. The van der Waals surface area contributed by atoms with Crippen LogP contribution in [0, 0.1) is 5.82 Å². The number of hydrogen-bond donors (Lipinski definition) is 3. The number of H-pyrrole nitrogens is 1. The number of halogens is 4. The molecule has 0 aliphatic heterocycles. The fraction of sp³-hybridized carbons (Fsp3) is 0.312. The first-order valence-corrected chi connectivity index (χ1v) is 8.17. The lowest BCUT2D eigenvalue weighted by atomic mass is 10.1. The number of amides is 1. The first-order chi connectivity index (χ1) is 12.7. The summed E-state index contributed by atoms with van der Waals surface area (Å²) in [5.74, 6) is -5.44. The highest BCUT2D eigenvalue weighted by Gasteiger charge is 2.35. The second kappa shape index (κ2) is 8.87. The van der Waals surface area contributed by atoms with Gasteiger partial charge in [-0.1, -0.05) is 11.6 Å². The number of nitrogens with one attached hydrogen (secondary N) is 2. The Kier molecular flexibility index (Phi) is 6.81. The second-order valence-electron chi connectivity index (χ2n) is 5.40. The van der Waals surface area contributed by atoms with Crippen LogP contribution in [0.25, 0.3) is 0 Å². The molecule has 0 spiro atoms. The van der Waals surface area contributed by atoms with E-state index in [0.29, 0.717) is 6.54 Å². The SMILES string of the molecule is CCN=C(N)COCC(F)(F)c1cc(NC(=O)c2[nH]ncc2Cl)ccc1F. The number of aliphatic imine (C=N–C) groups is 1. The molecule has 1 aromatic carbocycles. The van der Waals surface area contributed by atoms with E-state index in [-0.39, 0.29) is 28.8 Å². The Labute approximate surface area is 157 Å². The number of anilines is 1. The molecule has 0 fully saturated rings. The van der Waals surface area contributed by atoms with Crippen molar-refractivity contribution < 1.29 is 22.7 Å². The summed E-state index contributed by atoms with van der Waals surface area (Å²) in [5, 5.41) is 8.35. The molecule has 0 atom stereocenters. The summed E-state index contributed by atoms with van der Waals surface area (Å²) in [6, 6.07) is 2.79. The van der Waals surface area contributed by atoms with Gasteiger partial charge in [0.25, 0.3) is 11.8 Å². The summed E-state index contributed by atoms with van der Waals surface area (Å²) in [7, 11) is 0. The third kappa shape index (κ3) is 5.44. The fourth-order valence-electron chi connectivity index (χ4n) is 2.12. The maximum atomic E-state index is 14.3. The third-order valence-corrected chi connectivity index (χ3v) is 3.62. The second-order valence-corrected chi connectivity index (χ2v) is 5.81.